The van der Waals surface area contributed by atoms with Crippen LogP contribution in [0, 0.1) is 0 Å². The largest absolute Gasteiger partial charge is 0.361 e. The monoisotopic (exact) mass is 239 g/mol. The van der Waals surface area contributed by atoms with E-state index in [1.165, 1.54) is 10.9 Å². The van der Waals surface area contributed by atoms with E-state index in [-0.39, 0.29) is 0 Å². The molecular weight excluding hydrogens is 226 g/mol. The summed E-state index contributed by atoms with van der Waals surface area (Å²) in [6.45, 7) is 4.42. The minimum atomic E-state index is 0.650. The van der Waals surface area contributed by atoms with Gasteiger partial charge in [-0.1, -0.05) is 31.5 Å². The lowest BCUT2D eigenvalue weighted by atomic mass is 10.2. The molecule has 2 rings (SSSR count). The number of nitrogens with one attached hydrogen (secondary N) is 1. The Morgan fingerprint density at radius 3 is 2.93 bits per heavy atom. The summed E-state index contributed by atoms with van der Waals surface area (Å²) in [6, 6.07) is 5.98. The molecule has 3 heteroatoms. The van der Waals surface area contributed by atoms with Gasteiger partial charge in [-0.05, 0) is 22.9 Å². The van der Waals surface area contributed by atoms with Crippen molar-refractivity contribution in [3.8, 4) is 0 Å². The van der Waals surface area contributed by atoms with Gasteiger partial charge in [0.1, 0.15) is 0 Å². The number of benzene rings is 1. The van der Waals surface area contributed by atoms with E-state index < -0.39 is 0 Å². The van der Waals surface area contributed by atoms with Gasteiger partial charge in [-0.25, -0.2) is 0 Å². The van der Waals surface area contributed by atoms with Crippen molar-refractivity contribution in [3.05, 3.63) is 35.0 Å². The molecule has 0 radical (unpaired) electrons. The minimum Gasteiger partial charge on any atom is -0.361 e. The fourth-order valence-corrected chi connectivity index (χ4v) is 2.61. The highest BCUT2D eigenvalue weighted by Crippen LogP contribution is 2.29. The van der Waals surface area contributed by atoms with Gasteiger partial charge in [-0.2, -0.15) is 11.8 Å². The van der Waals surface area contributed by atoms with Crippen LogP contribution in [0.1, 0.15) is 19.4 Å². The highest BCUT2D eigenvalue weighted by molar-refractivity contribution is 7.99. The summed E-state index contributed by atoms with van der Waals surface area (Å²) in [5.41, 5.74) is 2.43. The van der Waals surface area contributed by atoms with Gasteiger partial charge >= 0.3 is 0 Å². The van der Waals surface area contributed by atoms with Crippen LogP contribution in [-0.4, -0.2) is 10.2 Å². The number of aromatic amines is 1. The molecule has 1 nitrogen and oxygen atoms in total. The highest BCUT2D eigenvalue weighted by Gasteiger charge is 2.07. The van der Waals surface area contributed by atoms with E-state index in [9.17, 15) is 0 Å². The van der Waals surface area contributed by atoms with Crippen molar-refractivity contribution in [2.75, 3.05) is 0 Å². The predicted octanol–water partition coefficient (Wildman–Crippen LogP) is 4.46. The molecule has 0 bridgehead atoms. The van der Waals surface area contributed by atoms with E-state index in [2.05, 4.69) is 31.1 Å². The zero-order valence-corrected chi connectivity index (χ0v) is 10.5. The maximum atomic E-state index is 6.19. The quantitative estimate of drug-likeness (QED) is 0.836. The van der Waals surface area contributed by atoms with Crippen molar-refractivity contribution in [1.29, 1.82) is 0 Å². The third kappa shape index (κ3) is 2.32. The molecule has 0 fully saturated rings. The van der Waals surface area contributed by atoms with Crippen LogP contribution < -0.4 is 0 Å². The second kappa shape index (κ2) is 4.50. The molecule has 15 heavy (non-hydrogen) atoms. The molecule has 1 heterocycles. The van der Waals surface area contributed by atoms with Crippen LogP contribution in [0.4, 0.5) is 0 Å². The number of hydrogen-bond acceptors (Lipinski definition) is 1. The number of H-pyrrole nitrogens is 1. The summed E-state index contributed by atoms with van der Waals surface area (Å²) >= 11 is 8.12. The molecule has 1 N–H and O–H groups in total. The molecule has 0 saturated heterocycles. The first kappa shape index (κ1) is 10.9. The first-order valence-corrected chi connectivity index (χ1v) is 6.47. The molecule has 1 aromatic carbocycles. The van der Waals surface area contributed by atoms with E-state index in [1.807, 2.05) is 23.9 Å². The van der Waals surface area contributed by atoms with Gasteiger partial charge in [0.15, 0.2) is 0 Å². The summed E-state index contributed by atoms with van der Waals surface area (Å²) in [7, 11) is 0. The Kier molecular flexibility index (Phi) is 3.27. The Bertz CT molecular complexity index is 462. The standard InChI is InChI=1S/C12H14ClNS/c1-8(2)15-7-9-6-14-11-5-3-4-10(13)12(9)11/h3-6,8,14H,7H2,1-2H3. The maximum Gasteiger partial charge on any atom is 0.0502 e. The Balaban J connectivity index is 2.35. The average molecular weight is 240 g/mol. The number of thioether (sulfide) groups is 1. The van der Waals surface area contributed by atoms with E-state index in [4.69, 9.17) is 11.6 Å². The van der Waals surface area contributed by atoms with Crippen LogP contribution >= 0.6 is 23.4 Å². The van der Waals surface area contributed by atoms with Crippen LogP contribution in [0.3, 0.4) is 0 Å². The van der Waals surface area contributed by atoms with Crippen molar-refractivity contribution in [2.45, 2.75) is 24.9 Å². The van der Waals surface area contributed by atoms with E-state index in [1.54, 1.807) is 0 Å². The zero-order chi connectivity index (χ0) is 10.8. The van der Waals surface area contributed by atoms with Gasteiger partial charge in [0.05, 0.1) is 5.02 Å². The number of aromatic nitrogens is 1. The summed E-state index contributed by atoms with van der Waals surface area (Å²) in [4.78, 5) is 3.25. The fraction of sp³-hybridized carbons (Fsp3) is 0.333. The van der Waals surface area contributed by atoms with E-state index in [0.29, 0.717) is 5.25 Å². The van der Waals surface area contributed by atoms with Crippen molar-refractivity contribution in [2.24, 2.45) is 0 Å². The first-order valence-electron chi connectivity index (χ1n) is 5.04. The van der Waals surface area contributed by atoms with Gasteiger partial charge in [-0.15, -0.1) is 0 Å². The van der Waals surface area contributed by atoms with Crippen LogP contribution in [0.2, 0.25) is 5.02 Å². The Morgan fingerprint density at radius 1 is 1.40 bits per heavy atom. The van der Waals surface area contributed by atoms with Gasteiger partial charge in [0.25, 0.3) is 0 Å². The van der Waals surface area contributed by atoms with E-state index >= 15 is 0 Å². The van der Waals surface area contributed by atoms with Crippen molar-refractivity contribution < 1.29 is 0 Å². The Hall–Kier alpha value is -0.600. The summed E-state index contributed by atoms with van der Waals surface area (Å²) in [5.74, 6) is 1.02. The lowest BCUT2D eigenvalue weighted by molar-refractivity contribution is 1.11. The third-order valence-electron chi connectivity index (χ3n) is 2.31. The SMILES string of the molecule is CC(C)SCc1c[nH]c2cccc(Cl)c12. The van der Waals surface area contributed by atoms with E-state index in [0.717, 1.165) is 16.3 Å². The van der Waals surface area contributed by atoms with Crippen molar-refractivity contribution >= 4 is 34.3 Å². The van der Waals surface area contributed by atoms with Crippen molar-refractivity contribution in [3.63, 3.8) is 0 Å². The average Bonchev–Trinajstić information content (AvgIpc) is 2.59. The molecule has 1 aromatic heterocycles. The van der Waals surface area contributed by atoms with Gasteiger partial charge in [0.2, 0.25) is 0 Å². The van der Waals surface area contributed by atoms with Crippen LogP contribution in [-0.2, 0) is 5.75 Å². The molecule has 0 aliphatic carbocycles. The molecule has 0 amide bonds. The van der Waals surface area contributed by atoms with Crippen LogP contribution in [0.25, 0.3) is 10.9 Å². The summed E-state index contributed by atoms with van der Waals surface area (Å²) in [6.07, 6.45) is 2.06. The van der Waals surface area contributed by atoms with Crippen LogP contribution in [0.15, 0.2) is 24.4 Å². The minimum absolute atomic E-state index is 0.650. The van der Waals surface area contributed by atoms with Crippen LogP contribution in [0.5, 0.6) is 0 Å². The van der Waals surface area contributed by atoms with Gasteiger partial charge in [-0.3, -0.25) is 0 Å². The molecular formula is C12H14ClNS. The number of rotatable bonds is 3. The smallest absolute Gasteiger partial charge is 0.0502 e. The molecule has 80 valence electrons. The zero-order valence-electron chi connectivity index (χ0n) is 8.88. The number of fused-ring (bicyclic) bond motifs is 1. The Labute approximate surface area is 99.2 Å². The Morgan fingerprint density at radius 2 is 2.20 bits per heavy atom. The molecule has 0 aliphatic rings. The fourth-order valence-electron chi connectivity index (χ4n) is 1.58. The second-order valence-electron chi connectivity index (χ2n) is 3.84. The maximum absolute atomic E-state index is 6.19. The molecule has 0 saturated carbocycles. The summed E-state index contributed by atoms with van der Waals surface area (Å²) < 4.78 is 0. The van der Waals surface area contributed by atoms with Gasteiger partial charge < -0.3 is 4.98 Å². The molecule has 0 atom stereocenters. The number of hydrogen-bond donors (Lipinski definition) is 1. The topological polar surface area (TPSA) is 15.8 Å². The predicted molar refractivity (Wildman–Crippen MR) is 69.7 cm³/mol. The molecule has 2 aromatic rings. The molecule has 0 unspecified atom stereocenters. The normalized spacial score (nSPS) is 11.5. The second-order valence-corrected chi connectivity index (χ2v) is 5.81. The lowest BCUT2D eigenvalue weighted by Crippen LogP contribution is -1.87. The first-order chi connectivity index (χ1) is 7.18. The van der Waals surface area contributed by atoms with Gasteiger partial charge in [0, 0.05) is 22.9 Å². The highest BCUT2D eigenvalue weighted by atomic mass is 35.5. The molecule has 0 aliphatic heterocycles. The third-order valence-corrected chi connectivity index (χ3v) is 3.77. The van der Waals surface area contributed by atoms with Crippen molar-refractivity contribution in [1.82, 2.24) is 4.98 Å². The lowest BCUT2D eigenvalue weighted by Gasteiger charge is -2.04. The summed E-state index contributed by atoms with van der Waals surface area (Å²) in [5, 5.41) is 2.66. The number of halogens is 1. The molecule has 0 spiro atoms.